The van der Waals surface area contributed by atoms with Crippen LogP contribution in [0, 0.1) is 6.92 Å². The van der Waals surface area contributed by atoms with E-state index in [1.54, 1.807) is 24.3 Å². The normalized spacial score (nSPS) is 15.8. The maximum absolute atomic E-state index is 12.0. The lowest BCUT2D eigenvalue weighted by atomic mass is 10.1. The Kier molecular flexibility index (Phi) is 2.23. The molecule has 4 heteroatoms. The minimum Gasteiger partial charge on any atom is -0.507 e. The van der Waals surface area contributed by atoms with Crippen LogP contribution < -0.4 is 4.74 Å². The maximum Gasteiger partial charge on any atom is 0.235 e. The number of allylic oxidation sites excluding steroid dienone is 1. The number of ether oxygens (including phenoxy) is 1. The van der Waals surface area contributed by atoms with Gasteiger partial charge in [-0.25, -0.2) is 0 Å². The molecule has 18 heavy (non-hydrogen) atoms. The van der Waals surface area contributed by atoms with E-state index >= 15 is 0 Å². The largest absolute Gasteiger partial charge is 0.507 e. The molecule has 0 amide bonds. The summed E-state index contributed by atoms with van der Waals surface area (Å²) in [5.74, 6) is 1.42. The number of aromatic hydroxyl groups is 1. The first-order valence-electron chi connectivity index (χ1n) is 5.48. The van der Waals surface area contributed by atoms with Crippen molar-refractivity contribution in [1.82, 2.24) is 0 Å². The van der Waals surface area contributed by atoms with Crippen LogP contribution in [0.15, 0.2) is 40.5 Å². The molecule has 0 radical (unpaired) electrons. The zero-order valence-electron chi connectivity index (χ0n) is 9.64. The third-order valence-corrected chi connectivity index (χ3v) is 2.71. The van der Waals surface area contributed by atoms with Crippen LogP contribution in [-0.2, 0) is 0 Å². The molecule has 3 rings (SSSR count). The number of furan rings is 1. The van der Waals surface area contributed by atoms with Gasteiger partial charge in [-0.15, -0.1) is 0 Å². The molecule has 1 aromatic heterocycles. The first-order chi connectivity index (χ1) is 8.65. The lowest BCUT2D eigenvalue weighted by molar-refractivity contribution is 0.101. The number of Topliss-reactive ketones (excluding diaryl/α,β-unsaturated/α-hetero) is 1. The minimum absolute atomic E-state index is 0.0727. The van der Waals surface area contributed by atoms with Gasteiger partial charge in [0.1, 0.15) is 28.6 Å². The number of hydrogen-bond acceptors (Lipinski definition) is 4. The molecular weight excluding hydrogens is 232 g/mol. The third kappa shape index (κ3) is 1.59. The molecule has 90 valence electrons. The summed E-state index contributed by atoms with van der Waals surface area (Å²) in [6.45, 7) is 1.82. The van der Waals surface area contributed by atoms with Gasteiger partial charge in [-0.3, -0.25) is 4.79 Å². The van der Waals surface area contributed by atoms with Crippen molar-refractivity contribution in [3.8, 4) is 11.5 Å². The summed E-state index contributed by atoms with van der Waals surface area (Å²) in [6.07, 6.45) is 1.52. The summed E-state index contributed by atoms with van der Waals surface area (Å²) in [5.41, 5.74) is 0.201. The van der Waals surface area contributed by atoms with Gasteiger partial charge < -0.3 is 14.3 Å². The Bertz CT molecular complexity index is 664. The number of phenolic OH excluding ortho intramolecular Hbond substituents is 1. The molecule has 0 bridgehead atoms. The second-order valence-electron chi connectivity index (χ2n) is 4.04. The molecule has 0 saturated heterocycles. The van der Waals surface area contributed by atoms with Crippen molar-refractivity contribution in [1.29, 1.82) is 0 Å². The number of phenols is 1. The molecule has 0 unspecified atom stereocenters. The average molecular weight is 242 g/mol. The van der Waals surface area contributed by atoms with Crippen LogP contribution in [0.5, 0.6) is 11.5 Å². The fraction of sp³-hybridized carbons (Fsp3) is 0.0714. The Morgan fingerprint density at radius 1 is 1.22 bits per heavy atom. The maximum atomic E-state index is 12.0. The Morgan fingerprint density at radius 3 is 2.72 bits per heavy atom. The van der Waals surface area contributed by atoms with Gasteiger partial charge in [-0.1, -0.05) is 6.07 Å². The van der Waals surface area contributed by atoms with E-state index in [9.17, 15) is 9.90 Å². The number of benzene rings is 1. The van der Waals surface area contributed by atoms with Gasteiger partial charge >= 0.3 is 0 Å². The molecule has 1 N–H and O–H groups in total. The third-order valence-electron chi connectivity index (χ3n) is 2.71. The highest BCUT2D eigenvalue weighted by atomic mass is 16.5. The second kappa shape index (κ2) is 3.77. The van der Waals surface area contributed by atoms with E-state index in [1.807, 2.05) is 6.92 Å². The Hall–Kier alpha value is -2.49. The Balaban J connectivity index is 2.02. The van der Waals surface area contributed by atoms with E-state index in [2.05, 4.69) is 0 Å². The quantitative estimate of drug-likeness (QED) is 0.781. The van der Waals surface area contributed by atoms with Crippen molar-refractivity contribution in [2.45, 2.75) is 6.92 Å². The summed E-state index contributed by atoms with van der Waals surface area (Å²) in [6, 6.07) is 8.28. The first kappa shape index (κ1) is 10.7. The van der Waals surface area contributed by atoms with Crippen LogP contribution in [0.25, 0.3) is 6.08 Å². The van der Waals surface area contributed by atoms with E-state index in [-0.39, 0.29) is 22.9 Å². The highest BCUT2D eigenvalue weighted by Gasteiger charge is 2.30. The number of ketones is 1. The molecule has 0 aliphatic carbocycles. The SMILES string of the molecule is Cc1ccc(/C=C2\Oc3cccc(O)c3C2=O)o1. The van der Waals surface area contributed by atoms with Gasteiger partial charge in [0.25, 0.3) is 0 Å². The molecule has 0 spiro atoms. The molecule has 0 fully saturated rings. The summed E-state index contributed by atoms with van der Waals surface area (Å²) in [7, 11) is 0. The number of aryl methyl sites for hydroxylation is 1. The summed E-state index contributed by atoms with van der Waals surface area (Å²) in [4.78, 5) is 12.0. The van der Waals surface area contributed by atoms with Crippen LogP contribution in [0.2, 0.25) is 0 Å². The van der Waals surface area contributed by atoms with Crippen molar-refractivity contribution in [3.63, 3.8) is 0 Å². The summed E-state index contributed by atoms with van der Waals surface area (Å²) < 4.78 is 10.8. The predicted molar refractivity (Wildman–Crippen MR) is 64.5 cm³/mol. The van der Waals surface area contributed by atoms with Crippen molar-refractivity contribution >= 4 is 11.9 Å². The van der Waals surface area contributed by atoms with Gasteiger partial charge in [0.05, 0.1) is 0 Å². The first-order valence-corrected chi connectivity index (χ1v) is 5.48. The highest BCUT2D eigenvalue weighted by molar-refractivity contribution is 6.15. The second-order valence-corrected chi connectivity index (χ2v) is 4.04. The van der Waals surface area contributed by atoms with E-state index in [1.165, 1.54) is 12.1 Å². The number of carbonyl (C=O) groups excluding carboxylic acids is 1. The lowest BCUT2D eigenvalue weighted by Crippen LogP contribution is -1.98. The Labute approximate surface area is 103 Å². The molecular formula is C14H10O4. The van der Waals surface area contributed by atoms with Crippen LogP contribution in [0.4, 0.5) is 0 Å². The van der Waals surface area contributed by atoms with Gasteiger partial charge in [0.15, 0.2) is 5.76 Å². The van der Waals surface area contributed by atoms with Crippen LogP contribution in [0.3, 0.4) is 0 Å². The Morgan fingerprint density at radius 2 is 2.06 bits per heavy atom. The zero-order valence-corrected chi connectivity index (χ0v) is 9.64. The minimum atomic E-state index is -0.336. The number of fused-ring (bicyclic) bond motifs is 1. The van der Waals surface area contributed by atoms with Gasteiger partial charge in [-0.05, 0) is 31.2 Å². The fourth-order valence-corrected chi connectivity index (χ4v) is 1.88. The number of rotatable bonds is 1. The van der Waals surface area contributed by atoms with E-state index in [0.717, 1.165) is 5.76 Å². The lowest BCUT2D eigenvalue weighted by Gasteiger charge is -1.96. The van der Waals surface area contributed by atoms with E-state index < -0.39 is 0 Å². The standard InChI is InChI=1S/C14H10O4/c1-8-5-6-9(17-8)7-12-14(16)13-10(15)3-2-4-11(13)18-12/h2-7,15H,1H3/b12-7-. The topological polar surface area (TPSA) is 59.7 Å². The van der Waals surface area contributed by atoms with Crippen LogP contribution in [0.1, 0.15) is 21.9 Å². The average Bonchev–Trinajstić information content (AvgIpc) is 2.86. The van der Waals surface area contributed by atoms with Crippen LogP contribution >= 0.6 is 0 Å². The van der Waals surface area contributed by atoms with Crippen molar-refractivity contribution in [2.75, 3.05) is 0 Å². The van der Waals surface area contributed by atoms with Crippen molar-refractivity contribution in [2.24, 2.45) is 0 Å². The smallest absolute Gasteiger partial charge is 0.235 e. The van der Waals surface area contributed by atoms with Crippen molar-refractivity contribution < 1.29 is 19.1 Å². The molecule has 0 saturated carbocycles. The summed E-state index contributed by atoms with van der Waals surface area (Å²) >= 11 is 0. The van der Waals surface area contributed by atoms with E-state index in [4.69, 9.17) is 9.15 Å². The molecule has 2 heterocycles. The fourth-order valence-electron chi connectivity index (χ4n) is 1.88. The summed E-state index contributed by atoms with van der Waals surface area (Å²) in [5, 5.41) is 9.64. The monoisotopic (exact) mass is 242 g/mol. The number of carbonyl (C=O) groups is 1. The predicted octanol–water partition coefficient (Wildman–Crippen LogP) is 2.91. The molecule has 1 aliphatic rings. The molecule has 0 atom stereocenters. The molecule has 2 aromatic rings. The zero-order chi connectivity index (χ0) is 12.7. The highest BCUT2D eigenvalue weighted by Crippen LogP contribution is 2.37. The molecule has 4 nitrogen and oxygen atoms in total. The molecule has 1 aromatic carbocycles. The van der Waals surface area contributed by atoms with E-state index in [0.29, 0.717) is 11.5 Å². The van der Waals surface area contributed by atoms with Gasteiger partial charge in [0, 0.05) is 6.08 Å². The number of hydrogen-bond donors (Lipinski definition) is 1. The van der Waals surface area contributed by atoms with Crippen molar-refractivity contribution in [3.05, 3.63) is 53.2 Å². The molecule has 1 aliphatic heterocycles. The van der Waals surface area contributed by atoms with Gasteiger partial charge in [0.2, 0.25) is 5.78 Å². The van der Waals surface area contributed by atoms with Crippen LogP contribution in [-0.4, -0.2) is 10.9 Å². The van der Waals surface area contributed by atoms with Gasteiger partial charge in [-0.2, -0.15) is 0 Å².